The van der Waals surface area contributed by atoms with Gasteiger partial charge in [-0.15, -0.1) is 0 Å². The van der Waals surface area contributed by atoms with E-state index in [1.807, 2.05) is 37.3 Å². The van der Waals surface area contributed by atoms with Gasteiger partial charge in [-0.3, -0.25) is 24.7 Å². The molecule has 4 rings (SSSR count). The van der Waals surface area contributed by atoms with Crippen LogP contribution in [0.15, 0.2) is 30.3 Å². The number of imide groups is 2. The molecular weight excluding hydrogens is 426 g/mol. The smallest absolute Gasteiger partial charge is 0.323 e. The Morgan fingerprint density at radius 3 is 2.48 bits per heavy atom. The zero-order valence-corrected chi connectivity index (χ0v) is 18.8. The van der Waals surface area contributed by atoms with Crippen molar-refractivity contribution in [1.29, 1.82) is 0 Å². The normalized spacial score (nSPS) is 29.5. The molecule has 0 radical (unpaired) electrons. The molecular formula is C23H29N5O5. The van der Waals surface area contributed by atoms with Crippen LogP contribution in [0.5, 0.6) is 0 Å². The largest absolute Gasteiger partial charge is 0.344 e. The molecule has 10 heteroatoms. The molecule has 3 N–H and O–H groups in total. The maximum absolute atomic E-state index is 13.0. The molecule has 0 unspecified atom stereocenters. The summed E-state index contributed by atoms with van der Waals surface area (Å²) >= 11 is 0. The molecule has 3 atom stereocenters. The first-order chi connectivity index (χ1) is 15.7. The van der Waals surface area contributed by atoms with Crippen LogP contribution in [0, 0.1) is 5.92 Å². The van der Waals surface area contributed by atoms with Crippen LogP contribution in [0.4, 0.5) is 9.59 Å². The number of nitrogens with one attached hydrogen (secondary N) is 3. The van der Waals surface area contributed by atoms with Crippen molar-refractivity contribution in [2.45, 2.75) is 63.5 Å². The predicted molar refractivity (Wildman–Crippen MR) is 117 cm³/mol. The maximum Gasteiger partial charge on any atom is 0.344 e. The number of rotatable bonds is 6. The second-order valence-electron chi connectivity index (χ2n) is 9.36. The van der Waals surface area contributed by atoms with E-state index in [0.29, 0.717) is 24.3 Å². The number of urea groups is 2. The number of amides is 7. The van der Waals surface area contributed by atoms with E-state index in [-0.39, 0.29) is 5.92 Å². The Kier molecular flexibility index (Phi) is 5.85. The Hall–Kier alpha value is -3.43. The quantitative estimate of drug-likeness (QED) is 0.560. The van der Waals surface area contributed by atoms with Gasteiger partial charge in [-0.25, -0.2) is 9.59 Å². The van der Waals surface area contributed by atoms with Crippen molar-refractivity contribution in [1.82, 2.24) is 26.0 Å². The second-order valence-corrected chi connectivity index (χ2v) is 9.36. The van der Waals surface area contributed by atoms with E-state index in [1.54, 1.807) is 6.92 Å². The molecule has 1 spiro atoms. The van der Waals surface area contributed by atoms with Crippen LogP contribution in [-0.4, -0.2) is 57.3 Å². The monoisotopic (exact) mass is 455 g/mol. The van der Waals surface area contributed by atoms with Gasteiger partial charge in [-0.2, -0.15) is 5.01 Å². The summed E-state index contributed by atoms with van der Waals surface area (Å²) in [6.45, 7) is 2.95. The van der Waals surface area contributed by atoms with Crippen molar-refractivity contribution < 1.29 is 24.0 Å². The zero-order valence-electron chi connectivity index (χ0n) is 18.8. The number of nitrogens with zero attached hydrogens (tertiary/aromatic N) is 2. The van der Waals surface area contributed by atoms with E-state index in [4.69, 9.17) is 0 Å². The molecule has 10 nitrogen and oxygen atoms in total. The summed E-state index contributed by atoms with van der Waals surface area (Å²) in [6, 6.07) is 8.17. The number of hydrazine groups is 1. The highest BCUT2D eigenvalue weighted by atomic mass is 16.2. The third-order valence-electron chi connectivity index (χ3n) is 7.06. The summed E-state index contributed by atoms with van der Waals surface area (Å²) in [6.07, 6.45) is 4.07. The zero-order chi connectivity index (χ0) is 23.8. The fraction of sp³-hybridized carbons (Fsp3) is 0.522. The number of hydrogen-bond donors (Lipinski definition) is 3. The Labute approximate surface area is 192 Å². The molecule has 33 heavy (non-hydrogen) atoms. The topological polar surface area (TPSA) is 128 Å². The number of aryl methyl sites for hydroxylation is 1. The first-order valence-electron chi connectivity index (χ1n) is 11.3. The van der Waals surface area contributed by atoms with E-state index in [1.165, 1.54) is 0 Å². The first kappa shape index (κ1) is 22.8. The number of carbonyl (C=O) groups is 5. The van der Waals surface area contributed by atoms with Crippen molar-refractivity contribution >= 4 is 29.8 Å². The summed E-state index contributed by atoms with van der Waals surface area (Å²) < 4.78 is 0. The van der Waals surface area contributed by atoms with Crippen molar-refractivity contribution in [2.75, 3.05) is 6.54 Å². The number of benzene rings is 1. The van der Waals surface area contributed by atoms with Crippen LogP contribution in [0.2, 0.25) is 0 Å². The molecule has 3 fully saturated rings. The molecule has 1 saturated carbocycles. The Bertz CT molecular complexity index is 998. The predicted octanol–water partition coefficient (Wildman–Crippen LogP) is 1.46. The molecule has 1 aromatic rings. The van der Waals surface area contributed by atoms with E-state index in [9.17, 15) is 24.0 Å². The molecule has 7 amide bonds. The lowest BCUT2D eigenvalue weighted by molar-refractivity contribution is -0.141. The Morgan fingerprint density at radius 1 is 1.06 bits per heavy atom. The lowest BCUT2D eigenvalue weighted by atomic mass is 9.73. The molecule has 0 aromatic heterocycles. The van der Waals surface area contributed by atoms with Gasteiger partial charge >= 0.3 is 12.1 Å². The van der Waals surface area contributed by atoms with Crippen molar-refractivity contribution in [3.8, 4) is 0 Å². The SMILES string of the molecule is C[C@@H]1CCCC[C@]12NC(=O)N(CC(=O)NN1C(=O)N[C@@](C)(CCc3ccccc3)C1=O)C2=O. The third-order valence-corrected chi connectivity index (χ3v) is 7.06. The van der Waals surface area contributed by atoms with Crippen LogP contribution < -0.4 is 16.1 Å². The fourth-order valence-electron chi connectivity index (χ4n) is 4.94. The Morgan fingerprint density at radius 2 is 1.79 bits per heavy atom. The summed E-state index contributed by atoms with van der Waals surface area (Å²) in [4.78, 5) is 64.3. The van der Waals surface area contributed by atoms with Gasteiger partial charge in [0.2, 0.25) is 0 Å². The molecule has 2 saturated heterocycles. The minimum atomic E-state index is -1.18. The minimum absolute atomic E-state index is 0.0352. The van der Waals surface area contributed by atoms with Gasteiger partial charge in [0.1, 0.15) is 17.6 Å². The number of carbonyl (C=O) groups excluding carboxylic acids is 5. The van der Waals surface area contributed by atoms with E-state index < -0.39 is 47.4 Å². The molecule has 0 bridgehead atoms. The molecule has 2 aliphatic heterocycles. The molecule has 1 aromatic carbocycles. The summed E-state index contributed by atoms with van der Waals surface area (Å²) in [5.74, 6) is -1.85. The summed E-state index contributed by atoms with van der Waals surface area (Å²) in [7, 11) is 0. The lowest BCUT2D eigenvalue weighted by Crippen LogP contribution is -2.55. The minimum Gasteiger partial charge on any atom is -0.323 e. The van der Waals surface area contributed by atoms with Gasteiger partial charge in [0.15, 0.2) is 0 Å². The van der Waals surface area contributed by atoms with Gasteiger partial charge in [0.25, 0.3) is 17.7 Å². The molecule has 176 valence electrons. The van der Waals surface area contributed by atoms with E-state index >= 15 is 0 Å². The standard InChI is InChI=1S/C23H29N5O5/c1-15-8-6-7-12-23(15)19(31)27(20(32)25-23)14-17(29)26-28-18(30)22(2,24-21(28)33)13-11-16-9-4-3-5-10-16/h3-5,9-10,15H,6-8,11-14H2,1-2H3,(H,24,33)(H,25,32)(H,26,29)/t15-,22+,23+/m1/s1. The summed E-state index contributed by atoms with van der Waals surface area (Å²) in [5, 5.41) is 6.04. The van der Waals surface area contributed by atoms with Crippen molar-refractivity contribution in [3.63, 3.8) is 0 Å². The third kappa shape index (κ3) is 4.05. The average Bonchev–Trinajstić information content (AvgIpc) is 3.15. The van der Waals surface area contributed by atoms with E-state index in [2.05, 4.69) is 16.1 Å². The highest BCUT2D eigenvalue weighted by Crippen LogP contribution is 2.38. The van der Waals surface area contributed by atoms with Crippen molar-refractivity contribution in [3.05, 3.63) is 35.9 Å². The number of hydrogen-bond acceptors (Lipinski definition) is 5. The average molecular weight is 456 g/mol. The molecule has 1 aliphatic carbocycles. The van der Waals surface area contributed by atoms with Crippen LogP contribution in [-0.2, 0) is 20.8 Å². The molecule has 2 heterocycles. The van der Waals surface area contributed by atoms with Gasteiger partial charge in [0.05, 0.1) is 0 Å². The first-order valence-corrected chi connectivity index (χ1v) is 11.3. The van der Waals surface area contributed by atoms with Gasteiger partial charge in [0, 0.05) is 0 Å². The van der Waals surface area contributed by atoms with Crippen LogP contribution >= 0.6 is 0 Å². The fourth-order valence-corrected chi connectivity index (χ4v) is 4.94. The van der Waals surface area contributed by atoms with Crippen LogP contribution in [0.25, 0.3) is 0 Å². The van der Waals surface area contributed by atoms with Gasteiger partial charge < -0.3 is 10.6 Å². The van der Waals surface area contributed by atoms with Gasteiger partial charge in [-0.1, -0.05) is 50.1 Å². The lowest BCUT2D eigenvalue weighted by Gasteiger charge is -2.36. The summed E-state index contributed by atoms with van der Waals surface area (Å²) in [5.41, 5.74) is 1.12. The van der Waals surface area contributed by atoms with Crippen LogP contribution in [0.1, 0.15) is 51.5 Å². The highest BCUT2D eigenvalue weighted by molar-refractivity contribution is 6.10. The van der Waals surface area contributed by atoms with E-state index in [0.717, 1.165) is 29.7 Å². The highest BCUT2D eigenvalue weighted by Gasteiger charge is 2.55. The maximum atomic E-state index is 13.0. The van der Waals surface area contributed by atoms with Crippen LogP contribution in [0.3, 0.4) is 0 Å². The van der Waals surface area contributed by atoms with Gasteiger partial charge in [-0.05, 0) is 44.1 Å². The molecule has 3 aliphatic rings. The second kappa shape index (κ2) is 8.49. The van der Waals surface area contributed by atoms with Crippen molar-refractivity contribution in [2.24, 2.45) is 5.92 Å². The Balaban J connectivity index is 1.38.